The standard InChI is InChI=1S/C22H21N3O4S/c26-20(13-4-2-1-3-5-13)25-22-24-16-11-15(7-9-19(16)30-22)23-21(27)14-6-8-17-18(10-14)29-12-28-17/h6-11,13H,1-5,12H2,(H,23,27)(H,24,25,26). The number of ether oxygens (including phenoxy) is 2. The first kappa shape index (κ1) is 18.9. The van der Waals surface area contributed by atoms with E-state index in [1.807, 2.05) is 18.2 Å². The van der Waals surface area contributed by atoms with E-state index >= 15 is 0 Å². The number of amides is 2. The van der Waals surface area contributed by atoms with Gasteiger partial charge < -0.3 is 20.1 Å². The summed E-state index contributed by atoms with van der Waals surface area (Å²) in [6.07, 6.45) is 5.35. The molecule has 1 aliphatic carbocycles. The summed E-state index contributed by atoms with van der Waals surface area (Å²) in [5, 5.41) is 6.45. The summed E-state index contributed by atoms with van der Waals surface area (Å²) in [6.45, 7) is 0.167. The van der Waals surface area contributed by atoms with E-state index in [0.29, 0.717) is 27.9 Å². The van der Waals surface area contributed by atoms with Crippen LogP contribution in [0, 0.1) is 5.92 Å². The molecule has 7 nitrogen and oxygen atoms in total. The highest BCUT2D eigenvalue weighted by Gasteiger charge is 2.22. The van der Waals surface area contributed by atoms with Gasteiger partial charge in [-0.2, -0.15) is 0 Å². The third kappa shape index (κ3) is 3.82. The van der Waals surface area contributed by atoms with Crippen LogP contribution in [0.2, 0.25) is 0 Å². The van der Waals surface area contributed by atoms with Crippen molar-refractivity contribution in [3.05, 3.63) is 42.0 Å². The van der Waals surface area contributed by atoms with E-state index in [2.05, 4.69) is 15.6 Å². The van der Waals surface area contributed by atoms with Crippen molar-refractivity contribution in [2.75, 3.05) is 17.4 Å². The zero-order valence-corrected chi connectivity index (χ0v) is 17.1. The molecule has 0 unspecified atom stereocenters. The van der Waals surface area contributed by atoms with Crippen molar-refractivity contribution in [2.24, 2.45) is 5.92 Å². The van der Waals surface area contributed by atoms with Gasteiger partial charge in [-0.1, -0.05) is 30.6 Å². The molecule has 2 N–H and O–H groups in total. The molecule has 0 bridgehead atoms. The minimum absolute atomic E-state index is 0.0603. The van der Waals surface area contributed by atoms with E-state index in [4.69, 9.17) is 9.47 Å². The van der Waals surface area contributed by atoms with Gasteiger partial charge in [-0.15, -0.1) is 0 Å². The first-order valence-electron chi connectivity index (χ1n) is 10.1. The molecule has 1 aliphatic heterocycles. The smallest absolute Gasteiger partial charge is 0.255 e. The molecule has 8 heteroatoms. The van der Waals surface area contributed by atoms with Gasteiger partial charge in [0.05, 0.1) is 10.2 Å². The summed E-state index contributed by atoms with van der Waals surface area (Å²) < 4.78 is 11.6. The molecule has 154 valence electrons. The van der Waals surface area contributed by atoms with Crippen molar-refractivity contribution in [3.8, 4) is 11.5 Å². The second-order valence-corrected chi connectivity index (χ2v) is 8.58. The molecule has 5 rings (SSSR count). The zero-order valence-electron chi connectivity index (χ0n) is 16.3. The van der Waals surface area contributed by atoms with Crippen LogP contribution in [0.5, 0.6) is 11.5 Å². The molecule has 2 amide bonds. The van der Waals surface area contributed by atoms with Crippen LogP contribution < -0.4 is 20.1 Å². The highest BCUT2D eigenvalue weighted by atomic mass is 32.1. The Morgan fingerprint density at radius 1 is 0.967 bits per heavy atom. The Morgan fingerprint density at radius 2 is 1.80 bits per heavy atom. The lowest BCUT2D eigenvalue weighted by Gasteiger charge is -2.19. The van der Waals surface area contributed by atoms with Gasteiger partial charge in [0.15, 0.2) is 16.6 Å². The van der Waals surface area contributed by atoms with Gasteiger partial charge >= 0.3 is 0 Å². The van der Waals surface area contributed by atoms with Gasteiger partial charge in [0.2, 0.25) is 12.7 Å². The third-order valence-electron chi connectivity index (χ3n) is 5.49. The van der Waals surface area contributed by atoms with Crippen LogP contribution in [-0.2, 0) is 4.79 Å². The van der Waals surface area contributed by atoms with E-state index in [1.54, 1.807) is 18.2 Å². The lowest BCUT2D eigenvalue weighted by Crippen LogP contribution is -2.24. The summed E-state index contributed by atoms with van der Waals surface area (Å²) in [7, 11) is 0. The molecular weight excluding hydrogens is 402 g/mol. The molecule has 0 saturated heterocycles. The molecule has 0 spiro atoms. The van der Waals surface area contributed by atoms with Crippen molar-refractivity contribution in [2.45, 2.75) is 32.1 Å². The average molecular weight is 423 g/mol. The lowest BCUT2D eigenvalue weighted by molar-refractivity contribution is -0.120. The van der Waals surface area contributed by atoms with Crippen LogP contribution in [0.1, 0.15) is 42.5 Å². The summed E-state index contributed by atoms with van der Waals surface area (Å²) in [6, 6.07) is 10.6. The highest BCUT2D eigenvalue weighted by molar-refractivity contribution is 7.22. The SMILES string of the molecule is O=C(Nc1ccc2sc(NC(=O)C3CCCCC3)nc2c1)c1ccc2c(c1)OCO2. The molecule has 1 fully saturated rings. The van der Waals surface area contributed by atoms with Gasteiger partial charge in [0.1, 0.15) is 0 Å². The van der Waals surface area contributed by atoms with Crippen molar-refractivity contribution in [1.29, 1.82) is 0 Å². The van der Waals surface area contributed by atoms with E-state index in [0.717, 1.165) is 35.9 Å². The summed E-state index contributed by atoms with van der Waals surface area (Å²) in [5.41, 5.74) is 1.86. The van der Waals surface area contributed by atoms with Crippen molar-refractivity contribution < 1.29 is 19.1 Å². The molecule has 0 radical (unpaired) electrons. The van der Waals surface area contributed by atoms with Crippen LogP contribution in [0.25, 0.3) is 10.2 Å². The van der Waals surface area contributed by atoms with Crippen LogP contribution in [0.4, 0.5) is 10.8 Å². The Labute approximate surface area is 177 Å². The molecule has 2 aromatic carbocycles. The number of rotatable bonds is 4. The second-order valence-electron chi connectivity index (χ2n) is 7.55. The summed E-state index contributed by atoms with van der Waals surface area (Å²) >= 11 is 1.44. The fourth-order valence-corrected chi connectivity index (χ4v) is 4.72. The van der Waals surface area contributed by atoms with Crippen molar-refractivity contribution in [3.63, 3.8) is 0 Å². The monoisotopic (exact) mass is 423 g/mol. The van der Waals surface area contributed by atoms with Gasteiger partial charge in [-0.05, 0) is 49.2 Å². The van der Waals surface area contributed by atoms with Crippen LogP contribution >= 0.6 is 11.3 Å². The Kier molecular flexibility index (Phi) is 5.00. The molecular formula is C22H21N3O4S. The minimum atomic E-state index is -0.242. The van der Waals surface area contributed by atoms with Crippen LogP contribution in [-0.4, -0.2) is 23.6 Å². The topological polar surface area (TPSA) is 89.6 Å². The Bertz CT molecular complexity index is 1120. The predicted molar refractivity (Wildman–Crippen MR) is 115 cm³/mol. The number of benzene rings is 2. The van der Waals surface area contributed by atoms with E-state index in [1.165, 1.54) is 17.8 Å². The van der Waals surface area contributed by atoms with Gasteiger partial charge in [0.25, 0.3) is 5.91 Å². The number of carbonyl (C=O) groups is 2. The van der Waals surface area contributed by atoms with Crippen LogP contribution in [0.15, 0.2) is 36.4 Å². The summed E-state index contributed by atoms with van der Waals surface area (Å²) in [4.78, 5) is 29.6. The number of nitrogens with zero attached hydrogens (tertiary/aromatic N) is 1. The lowest BCUT2D eigenvalue weighted by atomic mass is 9.89. The predicted octanol–water partition coefficient (Wildman–Crippen LogP) is 4.80. The van der Waals surface area contributed by atoms with E-state index < -0.39 is 0 Å². The first-order chi connectivity index (χ1) is 14.7. The maximum atomic E-state index is 12.6. The molecule has 2 aliphatic rings. The number of carbonyl (C=O) groups excluding carboxylic acids is 2. The normalized spacial score (nSPS) is 15.9. The number of aromatic nitrogens is 1. The van der Waals surface area contributed by atoms with Gasteiger partial charge in [-0.25, -0.2) is 4.98 Å². The molecule has 1 saturated carbocycles. The number of hydrogen-bond donors (Lipinski definition) is 2. The van der Waals surface area contributed by atoms with E-state index in [-0.39, 0.29) is 24.5 Å². The highest BCUT2D eigenvalue weighted by Crippen LogP contribution is 2.33. The minimum Gasteiger partial charge on any atom is -0.454 e. The number of thiazole rings is 1. The average Bonchev–Trinajstić information content (AvgIpc) is 3.39. The number of anilines is 2. The second kappa shape index (κ2) is 7.95. The number of hydrogen-bond acceptors (Lipinski definition) is 6. The fourth-order valence-electron chi connectivity index (χ4n) is 3.87. The quantitative estimate of drug-likeness (QED) is 0.629. The van der Waals surface area contributed by atoms with Gasteiger partial charge in [-0.3, -0.25) is 9.59 Å². The Morgan fingerprint density at radius 3 is 2.67 bits per heavy atom. The summed E-state index contributed by atoms with van der Waals surface area (Å²) in [5.74, 6) is 1.11. The molecule has 3 aromatic rings. The van der Waals surface area contributed by atoms with Crippen molar-refractivity contribution >= 4 is 44.2 Å². The molecule has 0 atom stereocenters. The fraction of sp³-hybridized carbons (Fsp3) is 0.318. The zero-order chi connectivity index (χ0) is 20.5. The maximum absolute atomic E-state index is 12.6. The molecule has 30 heavy (non-hydrogen) atoms. The molecule has 2 heterocycles. The number of fused-ring (bicyclic) bond motifs is 2. The Balaban J connectivity index is 1.29. The largest absolute Gasteiger partial charge is 0.454 e. The molecule has 1 aromatic heterocycles. The van der Waals surface area contributed by atoms with Gasteiger partial charge in [0, 0.05) is 17.2 Å². The van der Waals surface area contributed by atoms with E-state index in [9.17, 15) is 9.59 Å². The third-order valence-corrected chi connectivity index (χ3v) is 6.44. The maximum Gasteiger partial charge on any atom is 0.255 e. The Hall–Kier alpha value is -3.13. The first-order valence-corrected chi connectivity index (χ1v) is 10.9. The van der Waals surface area contributed by atoms with Crippen LogP contribution in [0.3, 0.4) is 0 Å². The van der Waals surface area contributed by atoms with Crippen molar-refractivity contribution in [1.82, 2.24) is 4.98 Å². The number of nitrogens with one attached hydrogen (secondary N) is 2.